The van der Waals surface area contributed by atoms with E-state index in [1.165, 1.54) is 49.7 Å². The minimum Gasteiger partial charge on any atom is -0.381 e. The Labute approximate surface area is 198 Å². The minimum atomic E-state index is 0.227. The third kappa shape index (κ3) is 6.70. The van der Waals surface area contributed by atoms with Crippen LogP contribution < -0.4 is 0 Å². The van der Waals surface area contributed by atoms with E-state index < -0.39 is 0 Å². The molecule has 0 amide bonds. The second-order valence-electron chi connectivity index (χ2n) is 11.1. The van der Waals surface area contributed by atoms with Crippen molar-refractivity contribution in [1.82, 2.24) is 0 Å². The van der Waals surface area contributed by atoms with Gasteiger partial charge < -0.3 is 4.74 Å². The van der Waals surface area contributed by atoms with Gasteiger partial charge in [-0.1, -0.05) is 95.3 Å². The highest BCUT2D eigenvalue weighted by atomic mass is 16.5. The molecule has 0 N–H and O–H groups in total. The SMILES string of the molecule is CC(CC1CCOCC1)CC(c1ccccc1)C(C)CC[C@@](C)(c1ccccc1)C(C)C. The first-order chi connectivity index (χ1) is 15.4. The molecule has 176 valence electrons. The van der Waals surface area contributed by atoms with Crippen molar-refractivity contribution in [3.8, 4) is 0 Å². The zero-order chi connectivity index (χ0) is 23.0. The van der Waals surface area contributed by atoms with Crippen molar-refractivity contribution in [3.63, 3.8) is 0 Å². The first-order valence-corrected chi connectivity index (χ1v) is 13.1. The van der Waals surface area contributed by atoms with Gasteiger partial charge in [0.15, 0.2) is 0 Å². The van der Waals surface area contributed by atoms with Gasteiger partial charge in [-0.2, -0.15) is 0 Å². The summed E-state index contributed by atoms with van der Waals surface area (Å²) in [6, 6.07) is 22.5. The molecular weight excluding hydrogens is 388 g/mol. The molecule has 0 spiro atoms. The average Bonchev–Trinajstić information content (AvgIpc) is 2.82. The highest BCUT2D eigenvalue weighted by molar-refractivity contribution is 5.25. The van der Waals surface area contributed by atoms with Crippen LogP contribution in [0.4, 0.5) is 0 Å². The fourth-order valence-electron chi connectivity index (χ4n) is 5.79. The summed E-state index contributed by atoms with van der Waals surface area (Å²) >= 11 is 0. The van der Waals surface area contributed by atoms with Crippen LogP contribution in [0.5, 0.6) is 0 Å². The lowest BCUT2D eigenvalue weighted by Gasteiger charge is -2.37. The fourth-order valence-corrected chi connectivity index (χ4v) is 5.79. The molecule has 2 aromatic rings. The topological polar surface area (TPSA) is 9.23 Å². The quantitative estimate of drug-likeness (QED) is 0.344. The van der Waals surface area contributed by atoms with E-state index in [1.54, 1.807) is 0 Å². The molecule has 1 nitrogen and oxygen atoms in total. The van der Waals surface area contributed by atoms with Crippen LogP contribution in [0.1, 0.15) is 90.2 Å². The number of hydrogen-bond acceptors (Lipinski definition) is 1. The average molecular weight is 435 g/mol. The summed E-state index contributed by atoms with van der Waals surface area (Å²) in [6.45, 7) is 14.2. The lowest BCUT2D eigenvalue weighted by atomic mass is 9.67. The smallest absolute Gasteiger partial charge is 0.0468 e. The van der Waals surface area contributed by atoms with E-state index in [0.717, 1.165) is 25.0 Å². The second-order valence-corrected chi connectivity index (χ2v) is 11.1. The molecule has 1 heteroatoms. The Morgan fingerprint density at radius 2 is 1.47 bits per heavy atom. The summed E-state index contributed by atoms with van der Waals surface area (Å²) in [5.41, 5.74) is 3.25. The van der Waals surface area contributed by atoms with Gasteiger partial charge in [-0.05, 0) is 84.7 Å². The molecule has 0 radical (unpaired) electrons. The Kier molecular flexibility index (Phi) is 9.41. The second kappa shape index (κ2) is 12.0. The zero-order valence-corrected chi connectivity index (χ0v) is 21.2. The molecule has 1 aliphatic rings. The summed E-state index contributed by atoms with van der Waals surface area (Å²) in [5, 5.41) is 0. The largest absolute Gasteiger partial charge is 0.381 e. The van der Waals surface area contributed by atoms with Gasteiger partial charge in [0.05, 0.1) is 0 Å². The van der Waals surface area contributed by atoms with Crippen molar-refractivity contribution >= 4 is 0 Å². The monoisotopic (exact) mass is 434 g/mol. The molecule has 1 heterocycles. The standard InChI is InChI=1S/C31H46O/c1-24(2)31(5,29-14-10-7-11-15-29)19-16-26(4)30(28-12-8-6-9-13-28)23-25(3)22-27-17-20-32-21-18-27/h6-15,24-27,30H,16-23H2,1-5H3/t25?,26?,30?,31-/m1/s1. The molecule has 1 aliphatic heterocycles. The Bertz CT molecular complexity index is 762. The molecule has 0 aliphatic carbocycles. The molecule has 32 heavy (non-hydrogen) atoms. The molecular formula is C31H46O. The van der Waals surface area contributed by atoms with Gasteiger partial charge in [-0.15, -0.1) is 0 Å². The van der Waals surface area contributed by atoms with Crippen LogP contribution in [0.3, 0.4) is 0 Å². The van der Waals surface area contributed by atoms with Crippen LogP contribution in [0.2, 0.25) is 0 Å². The maximum absolute atomic E-state index is 5.59. The van der Waals surface area contributed by atoms with Crippen LogP contribution in [0.25, 0.3) is 0 Å². The van der Waals surface area contributed by atoms with Crippen LogP contribution in [-0.2, 0) is 10.2 Å². The van der Waals surface area contributed by atoms with Crippen molar-refractivity contribution in [1.29, 1.82) is 0 Å². The summed E-state index contributed by atoms with van der Waals surface area (Å²) in [7, 11) is 0. The maximum Gasteiger partial charge on any atom is 0.0468 e. The predicted molar refractivity (Wildman–Crippen MR) is 138 cm³/mol. The van der Waals surface area contributed by atoms with Gasteiger partial charge in [0.2, 0.25) is 0 Å². The molecule has 0 aromatic heterocycles. The van der Waals surface area contributed by atoms with Crippen molar-refractivity contribution < 1.29 is 4.74 Å². The third-order valence-corrected chi connectivity index (χ3v) is 8.47. The normalized spacial score (nSPS) is 19.9. The van der Waals surface area contributed by atoms with E-state index in [9.17, 15) is 0 Å². The van der Waals surface area contributed by atoms with E-state index >= 15 is 0 Å². The van der Waals surface area contributed by atoms with Crippen molar-refractivity contribution in [2.75, 3.05) is 13.2 Å². The highest BCUT2D eigenvalue weighted by Gasteiger charge is 2.32. The van der Waals surface area contributed by atoms with Crippen molar-refractivity contribution in [2.24, 2.45) is 23.7 Å². The first kappa shape index (κ1) is 25.0. The molecule has 3 unspecified atom stereocenters. The van der Waals surface area contributed by atoms with E-state index in [2.05, 4.69) is 95.3 Å². The molecule has 2 aromatic carbocycles. The van der Waals surface area contributed by atoms with E-state index in [0.29, 0.717) is 17.8 Å². The van der Waals surface area contributed by atoms with Gasteiger partial charge in [-0.3, -0.25) is 0 Å². The highest BCUT2D eigenvalue weighted by Crippen LogP contribution is 2.41. The molecule has 3 rings (SSSR count). The lowest BCUT2D eigenvalue weighted by Crippen LogP contribution is -2.30. The van der Waals surface area contributed by atoms with Gasteiger partial charge >= 0.3 is 0 Å². The minimum absolute atomic E-state index is 0.227. The number of benzene rings is 2. The Morgan fingerprint density at radius 3 is 2.06 bits per heavy atom. The Morgan fingerprint density at radius 1 is 0.875 bits per heavy atom. The number of ether oxygens (including phenoxy) is 1. The summed E-state index contributed by atoms with van der Waals surface area (Å²) in [5.74, 6) is 3.55. The molecule has 1 fully saturated rings. The third-order valence-electron chi connectivity index (χ3n) is 8.47. The van der Waals surface area contributed by atoms with Crippen molar-refractivity contribution in [3.05, 3.63) is 71.8 Å². The van der Waals surface area contributed by atoms with Crippen LogP contribution >= 0.6 is 0 Å². The molecule has 4 atom stereocenters. The zero-order valence-electron chi connectivity index (χ0n) is 21.2. The van der Waals surface area contributed by atoms with Crippen LogP contribution in [0, 0.1) is 23.7 Å². The number of hydrogen-bond donors (Lipinski definition) is 0. The van der Waals surface area contributed by atoms with E-state index in [-0.39, 0.29) is 5.41 Å². The first-order valence-electron chi connectivity index (χ1n) is 13.1. The Balaban J connectivity index is 1.70. The van der Waals surface area contributed by atoms with Gasteiger partial charge in [0, 0.05) is 13.2 Å². The maximum atomic E-state index is 5.59. The van der Waals surface area contributed by atoms with Crippen molar-refractivity contribution in [2.45, 2.75) is 84.5 Å². The van der Waals surface area contributed by atoms with Gasteiger partial charge in [-0.25, -0.2) is 0 Å². The molecule has 0 saturated carbocycles. The van der Waals surface area contributed by atoms with Crippen LogP contribution in [0.15, 0.2) is 60.7 Å². The lowest BCUT2D eigenvalue weighted by molar-refractivity contribution is 0.0582. The van der Waals surface area contributed by atoms with Gasteiger partial charge in [0.1, 0.15) is 0 Å². The fraction of sp³-hybridized carbons (Fsp3) is 0.613. The summed E-state index contributed by atoms with van der Waals surface area (Å²) in [4.78, 5) is 0. The molecule has 0 bridgehead atoms. The van der Waals surface area contributed by atoms with Crippen LogP contribution in [-0.4, -0.2) is 13.2 Å². The summed E-state index contributed by atoms with van der Waals surface area (Å²) in [6.07, 6.45) is 7.67. The van der Waals surface area contributed by atoms with Gasteiger partial charge in [0.25, 0.3) is 0 Å². The Hall–Kier alpha value is -1.60. The number of rotatable bonds is 11. The van der Waals surface area contributed by atoms with E-state index in [4.69, 9.17) is 4.74 Å². The predicted octanol–water partition coefficient (Wildman–Crippen LogP) is 8.64. The van der Waals surface area contributed by atoms with E-state index in [1.807, 2.05) is 0 Å². The summed E-state index contributed by atoms with van der Waals surface area (Å²) < 4.78 is 5.59. The molecule has 1 saturated heterocycles.